The summed E-state index contributed by atoms with van der Waals surface area (Å²) >= 11 is 0. The van der Waals surface area contributed by atoms with Crippen molar-refractivity contribution >= 4 is 11.9 Å². The first-order chi connectivity index (χ1) is 6.95. The molecule has 1 amide bonds. The number of carboxylic acid groups (broad SMARTS) is 1. The summed E-state index contributed by atoms with van der Waals surface area (Å²) in [5.74, 6) is -1.19. The molecule has 15 heavy (non-hydrogen) atoms. The quantitative estimate of drug-likeness (QED) is 0.720. The number of hydrogen-bond acceptors (Lipinski definition) is 2. The predicted octanol–water partition coefficient (Wildman–Crippen LogP) is 1.50. The van der Waals surface area contributed by atoms with Gasteiger partial charge in [0.05, 0.1) is 0 Å². The van der Waals surface area contributed by atoms with Crippen LogP contribution >= 0.6 is 0 Å². The largest absolute Gasteiger partial charge is 0.480 e. The molecule has 0 spiro atoms. The van der Waals surface area contributed by atoms with Crippen LogP contribution in [0, 0.1) is 5.41 Å². The predicted molar refractivity (Wildman–Crippen MR) is 56.4 cm³/mol. The van der Waals surface area contributed by atoms with Crippen molar-refractivity contribution in [2.45, 2.75) is 45.6 Å². The Labute approximate surface area is 90.3 Å². The minimum absolute atomic E-state index is 0.106. The van der Waals surface area contributed by atoms with Gasteiger partial charge in [0.25, 0.3) is 0 Å². The van der Waals surface area contributed by atoms with Crippen molar-refractivity contribution in [3.05, 3.63) is 0 Å². The Morgan fingerprint density at radius 3 is 2.27 bits per heavy atom. The lowest BCUT2D eigenvalue weighted by Crippen LogP contribution is -2.53. The zero-order valence-corrected chi connectivity index (χ0v) is 9.62. The highest BCUT2D eigenvalue weighted by atomic mass is 16.4. The second-order valence-corrected chi connectivity index (χ2v) is 4.41. The molecule has 0 heterocycles. The van der Waals surface area contributed by atoms with Crippen LogP contribution in [0.15, 0.2) is 0 Å². The maximum Gasteiger partial charge on any atom is 0.319 e. The van der Waals surface area contributed by atoms with Gasteiger partial charge in [-0.3, -0.25) is 9.59 Å². The highest BCUT2D eigenvalue weighted by Crippen LogP contribution is 2.42. The molecule has 1 fully saturated rings. The van der Waals surface area contributed by atoms with E-state index in [1.54, 1.807) is 11.9 Å². The molecular weight excluding hydrogens is 194 g/mol. The highest BCUT2D eigenvalue weighted by molar-refractivity contribution is 6.02. The lowest BCUT2D eigenvalue weighted by atomic mass is 9.67. The molecule has 0 aromatic rings. The summed E-state index contributed by atoms with van der Waals surface area (Å²) in [5, 5.41) is 9.11. The Kier molecular flexibility index (Phi) is 3.37. The Bertz CT molecular complexity index is 271. The molecule has 0 aromatic heterocycles. The maximum absolute atomic E-state index is 12.0. The Balaban J connectivity index is 2.78. The monoisotopic (exact) mass is 213 g/mol. The van der Waals surface area contributed by atoms with Gasteiger partial charge >= 0.3 is 5.97 Å². The van der Waals surface area contributed by atoms with Gasteiger partial charge in [0.2, 0.25) is 5.91 Å². The van der Waals surface area contributed by atoms with Crippen molar-refractivity contribution in [1.29, 1.82) is 0 Å². The van der Waals surface area contributed by atoms with Crippen LogP contribution in [-0.4, -0.2) is 35.0 Å². The Morgan fingerprint density at radius 1 is 1.47 bits per heavy atom. The van der Waals surface area contributed by atoms with Crippen molar-refractivity contribution in [2.24, 2.45) is 5.41 Å². The second kappa shape index (κ2) is 4.21. The fourth-order valence-corrected chi connectivity index (χ4v) is 1.86. The average molecular weight is 213 g/mol. The number of aliphatic carboxylic acids is 1. The number of nitrogens with zero attached hydrogens (tertiary/aromatic N) is 1. The molecule has 1 rings (SSSR count). The molecule has 1 N–H and O–H groups in total. The highest BCUT2D eigenvalue weighted by Gasteiger charge is 2.52. The van der Waals surface area contributed by atoms with E-state index in [9.17, 15) is 9.59 Å². The van der Waals surface area contributed by atoms with Crippen molar-refractivity contribution in [1.82, 2.24) is 4.90 Å². The molecule has 0 bridgehead atoms. The van der Waals surface area contributed by atoms with Crippen LogP contribution in [0.3, 0.4) is 0 Å². The summed E-state index contributed by atoms with van der Waals surface area (Å²) in [6, 6.07) is 0.106. The summed E-state index contributed by atoms with van der Waals surface area (Å²) in [6.07, 6.45) is 2.66. The molecular formula is C11H19NO3. The number of rotatable bonds is 4. The smallest absolute Gasteiger partial charge is 0.319 e. The second-order valence-electron chi connectivity index (χ2n) is 4.41. The summed E-state index contributed by atoms with van der Waals surface area (Å²) in [7, 11) is 1.69. The van der Waals surface area contributed by atoms with Crippen molar-refractivity contribution in [3.63, 3.8) is 0 Å². The van der Waals surface area contributed by atoms with Crippen LogP contribution in [0.2, 0.25) is 0 Å². The minimum Gasteiger partial charge on any atom is -0.480 e. The summed E-state index contributed by atoms with van der Waals surface area (Å²) in [6.45, 7) is 3.93. The van der Waals surface area contributed by atoms with Gasteiger partial charge in [-0.1, -0.05) is 13.3 Å². The van der Waals surface area contributed by atoms with Crippen LogP contribution in [0.5, 0.6) is 0 Å². The third-order valence-corrected chi connectivity index (χ3v) is 3.60. The topological polar surface area (TPSA) is 57.6 Å². The van der Waals surface area contributed by atoms with Gasteiger partial charge < -0.3 is 10.0 Å². The van der Waals surface area contributed by atoms with Crippen LogP contribution in [0.4, 0.5) is 0 Å². The number of hydrogen-bond donors (Lipinski definition) is 1. The van der Waals surface area contributed by atoms with Crippen LogP contribution in [-0.2, 0) is 9.59 Å². The Hall–Kier alpha value is -1.06. The molecule has 0 saturated heterocycles. The fourth-order valence-electron chi connectivity index (χ4n) is 1.86. The van der Waals surface area contributed by atoms with Crippen molar-refractivity contribution in [3.8, 4) is 0 Å². The fraction of sp³-hybridized carbons (Fsp3) is 0.818. The van der Waals surface area contributed by atoms with Crippen molar-refractivity contribution < 1.29 is 14.7 Å². The first-order valence-corrected chi connectivity index (χ1v) is 5.46. The van der Waals surface area contributed by atoms with Crippen LogP contribution < -0.4 is 0 Å². The molecule has 1 aliphatic carbocycles. The van der Waals surface area contributed by atoms with Gasteiger partial charge in [-0.15, -0.1) is 0 Å². The van der Waals surface area contributed by atoms with E-state index >= 15 is 0 Å². The van der Waals surface area contributed by atoms with E-state index in [1.807, 2.05) is 13.8 Å². The number of amides is 1. The van der Waals surface area contributed by atoms with E-state index in [0.717, 1.165) is 12.8 Å². The molecule has 0 aromatic carbocycles. The molecule has 1 saturated carbocycles. The van der Waals surface area contributed by atoms with E-state index in [-0.39, 0.29) is 11.9 Å². The molecule has 1 aliphatic rings. The van der Waals surface area contributed by atoms with Gasteiger partial charge in [-0.05, 0) is 26.2 Å². The van der Waals surface area contributed by atoms with Crippen molar-refractivity contribution in [2.75, 3.05) is 7.05 Å². The first kappa shape index (κ1) is 12.0. The lowest BCUT2D eigenvalue weighted by Gasteiger charge is -2.40. The third-order valence-electron chi connectivity index (χ3n) is 3.60. The summed E-state index contributed by atoms with van der Waals surface area (Å²) in [4.78, 5) is 24.7. The zero-order valence-electron chi connectivity index (χ0n) is 9.62. The normalized spacial score (nSPS) is 20.2. The van der Waals surface area contributed by atoms with Gasteiger partial charge in [0, 0.05) is 13.1 Å². The minimum atomic E-state index is -1.11. The van der Waals surface area contributed by atoms with Gasteiger partial charge in [0.1, 0.15) is 5.41 Å². The van der Waals surface area contributed by atoms with E-state index < -0.39 is 11.4 Å². The summed E-state index contributed by atoms with van der Waals surface area (Å²) in [5.41, 5.74) is -1.11. The number of carbonyl (C=O) groups excluding carboxylic acids is 1. The molecule has 0 radical (unpaired) electrons. The van der Waals surface area contributed by atoms with Gasteiger partial charge in [0.15, 0.2) is 0 Å². The number of carboxylic acids is 1. The molecule has 4 heteroatoms. The van der Waals surface area contributed by atoms with Crippen LogP contribution in [0.25, 0.3) is 0 Å². The Morgan fingerprint density at radius 2 is 2.00 bits per heavy atom. The van der Waals surface area contributed by atoms with Gasteiger partial charge in [-0.25, -0.2) is 0 Å². The first-order valence-electron chi connectivity index (χ1n) is 5.46. The van der Waals surface area contributed by atoms with E-state index in [2.05, 4.69) is 0 Å². The summed E-state index contributed by atoms with van der Waals surface area (Å²) < 4.78 is 0. The zero-order chi connectivity index (χ0) is 11.6. The maximum atomic E-state index is 12.0. The molecule has 86 valence electrons. The molecule has 1 atom stereocenters. The van der Waals surface area contributed by atoms with E-state index in [0.29, 0.717) is 12.8 Å². The van der Waals surface area contributed by atoms with Crippen LogP contribution in [0.1, 0.15) is 39.5 Å². The average Bonchev–Trinajstić information content (AvgIpc) is 2.12. The van der Waals surface area contributed by atoms with E-state index in [1.165, 1.54) is 0 Å². The number of carbonyl (C=O) groups is 2. The van der Waals surface area contributed by atoms with Gasteiger partial charge in [-0.2, -0.15) is 0 Å². The third kappa shape index (κ3) is 1.85. The molecule has 4 nitrogen and oxygen atoms in total. The standard InChI is InChI=1S/C11H19NO3/c1-4-8(2)12(3)9(13)11(10(14)15)6-5-7-11/h8H,4-7H2,1-3H3,(H,14,15). The lowest BCUT2D eigenvalue weighted by molar-refractivity contribution is -0.167. The molecule has 0 aliphatic heterocycles. The van der Waals surface area contributed by atoms with E-state index in [4.69, 9.17) is 5.11 Å². The SMILES string of the molecule is CCC(C)N(C)C(=O)C1(C(=O)O)CCC1. The molecule has 1 unspecified atom stereocenters.